The minimum absolute atomic E-state index is 0.0802. The van der Waals surface area contributed by atoms with Gasteiger partial charge in [0.05, 0.1) is 37.0 Å². The molecule has 1 aromatic heterocycles. The van der Waals surface area contributed by atoms with Crippen molar-refractivity contribution in [3.05, 3.63) is 40.2 Å². The lowest BCUT2D eigenvalue weighted by Crippen LogP contribution is -2.75. The zero-order chi connectivity index (χ0) is 20.7. The summed E-state index contributed by atoms with van der Waals surface area (Å²) in [6, 6.07) is 6.80. The largest absolute Gasteiger partial charge is 0.480 e. The molecular formula is C22H24N4O4. The van der Waals surface area contributed by atoms with E-state index in [-0.39, 0.29) is 11.3 Å². The average molecular weight is 408 g/mol. The highest BCUT2D eigenvalue weighted by Gasteiger charge is 2.49. The number of nitrogens with zero attached hydrogens (tertiary/aromatic N) is 4. The molecule has 4 fully saturated rings. The lowest BCUT2D eigenvalue weighted by atomic mass is 9.82. The van der Waals surface area contributed by atoms with Crippen LogP contribution in [0.3, 0.4) is 0 Å². The molecule has 5 aliphatic heterocycles. The van der Waals surface area contributed by atoms with E-state index in [2.05, 4.69) is 14.7 Å². The summed E-state index contributed by atoms with van der Waals surface area (Å²) in [6.07, 6.45) is 1.79. The number of aliphatic imine (C=N–C) groups is 1. The summed E-state index contributed by atoms with van der Waals surface area (Å²) in [7, 11) is 0. The van der Waals surface area contributed by atoms with E-state index in [1.165, 1.54) is 6.07 Å². The fourth-order valence-corrected chi connectivity index (χ4v) is 5.53. The van der Waals surface area contributed by atoms with Crippen molar-refractivity contribution in [1.29, 1.82) is 0 Å². The highest BCUT2D eigenvalue weighted by molar-refractivity contribution is 6.09. The first-order chi connectivity index (χ1) is 14.3. The molecule has 1 aromatic carbocycles. The third-order valence-corrected chi connectivity index (χ3v) is 6.59. The fourth-order valence-electron chi connectivity index (χ4n) is 5.53. The van der Waals surface area contributed by atoms with Crippen LogP contribution in [0, 0.1) is 0 Å². The Morgan fingerprint density at radius 3 is 2.30 bits per heavy atom. The van der Waals surface area contributed by atoms with Gasteiger partial charge in [0.1, 0.15) is 11.3 Å². The zero-order valence-corrected chi connectivity index (χ0v) is 17.1. The van der Waals surface area contributed by atoms with Crippen LogP contribution in [0.25, 0.3) is 11.0 Å². The van der Waals surface area contributed by atoms with E-state index < -0.39 is 17.1 Å². The highest BCUT2D eigenvalue weighted by Crippen LogP contribution is 2.42. The summed E-state index contributed by atoms with van der Waals surface area (Å²) < 4.78 is 11.5. The van der Waals surface area contributed by atoms with Crippen LogP contribution in [0.5, 0.6) is 5.75 Å². The Bertz CT molecular complexity index is 1120. The number of ketones is 1. The number of carbonyl (C=O) groups excluding carboxylic acids is 1. The molecule has 0 N–H and O–H groups in total. The van der Waals surface area contributed by atoms with Crippen molar-refractivity contribution in [3.8, 4) is 5.75 Å². The third kappa shape index (κ3) is 2.67. The molecule has 30 heavy (non-hydrogen) atoms. The lowest BCUT2D eigenvalue weighted by Gasteiger charge is -2.59. The predicted octanol–water partition coefficient (Wildman–Crippen LogP) is 1.25. The van der Waals surface area contributed by atoms with Crippen molar-refractivity contribution >= 4 is 23.0 Å². The second kappa shape index (κ2) is 6.00. The second-order valence-corrected chi connectivity index (χ2v) is 9.52. The number of carbonyl (C=O) groups is 1. The van der Waals surface area contributed by atoms with Crippen molar-refractivity contribution in [3.63, 3.8) is 0 Å². The Labute approximate surface area is 173 Å². The maximum atomic E-state index is 13.4. The minimum Gasteiger partial charge on any atom is -0.480 e. The van der Waals surface area contributed by atoms with Crippen molar-refractivity contribution in [2.45, 2.75) is 30.9 Å². The predicted molar refractivity (Wildman–Crippen MR) is 111 cm³/mol. The molecule has 5 aliphatic rings. The number of benzene rings is 1. The summed E-state index contributed by atoms with van der Waals surface area (Å²) >= 11 is 0. The van der Waals surface area contributed by atoms with Crippen LogP contribution in [-0.4, -0.2) is 77.5 Å². The molecule has 4 bridgehead atoms. The molecule has 0 spiro atoms. The highest BCUT2D eigenvalue weighted by atomic mass is 16.5. The quantitative estimate of drug-likeness (QED) is 0.547. The van der Waals surface area contributed by atoms with Gasteiger partial charge in [0.2, 0.25) is 0 Å². The minimum atomic E-state index is -0.982. The summed E-state index contributed by atoms with van der Waals surface area (Å²) in [5.74, 6) is -0.130. The Morgan fingerprint density at radius 2 is 1.63 bits per heavy atom. The van der Waals surface area contributed by atoms with Crippen molar-refractivity contribution in [2.24, 2.45) is 4.99 Å². The van der Waals surface area contributed by atoms with Crippen LogP contribution >= 0.6 is 0 Å². The Morgan fingerprint density at radius 1 is 1.00 bits per heavy atom. The number of fused-ring (bicyclic) bond motifs is 3. The van der Waals surface area contributed by atoms with Crippen LogP contribution in [0.4, 0.5) is 0 Å². The third-order valence-electron chi connectivity index (χ3n) is 6.59. The maximum absolute atomic E-state index is 13.4. The molecule has 6 heterocycles. The molecule has 8 nitrogen and oxygen atoms in total. The molecule has 0 amide bonds. The SMILES string of the molecule is CC1(C)Oc2ccc3ccc(=O)oc3c2[C@H](C=NC23CN4CN(CN(C4)C2)C3)C1=O. The normalized spacial score (nSPS) is 36.3. The summed E-state index contributed by atoms with van der Waals surface area (Å²) in [4.78, 5) is 37.5. The monoisotopic (exact) mass is 408 g/mol. The van der Waals surface area contributed by atoms with Gasteiger partial charge in [-0.05, 0) is 32.0 Å². The fraction of sp³-hybridized carbons (Fsp3) is 0.500. The first kappa shape index (κ1) is 18.2. The van der Waals surface area contributed by atoms with E-state index >= 15 is 0 Å². The van der Waals surface area contributed by atoms with E-state index in [4.69, 9.17) is 14.1 Å². The van der Waals surface area contributed by atoms with Crippen molar-refractivity contribution < 1.29 is 13.9 Å². The van der Waals surface area contributed by atoms with Crippen LogP contribution < -0.4 is 10.4 Å². The molecular weight excluding hydrogens is 384 g/mol. The Kier molecular flexibility index (Phi) is 3.65. The molecule has 156 valence electrons. The van der Waals surface area contributed by atoms with E-state index in [0.717, 1.165) is 45.0 Å². The van der Waals surface area contributed by atoms with Crippen LogP contribution in [-0.2, 0) is 4.79 Å². The van der Waals surface area contributed by atoms with Gasteiger partial charge in [-0.25, -0.2) is 4.79 Å². The van der Waals surface area contributed by atoms with Gasteiger partial charge in [-0.2, -0.15) is 0 Å². The zero-order valence-electron chi connectivity index (χ0n) is 17.1. The average Bonchev–Trinajstić information content (AvgIpc) is 2.67. The number of Topliss-reactive ketones (excluding diaryl/α,β-unsaturated/α-hetero) is 1. The molecule has 7 rings (SSSR count). The van der Waals surface area contributed by atoms with E-state index in [1.54, 1.807) is 26.1 Å². The molecule has 0 radical (unpaired) electrons. The number of hydrogen-bond donors (Lipinski definition) is 0. The second-order valence-electron chi connectivity index (χ2n) is 9.52. The first-order valence-electron chi connectivity index (χ1n) is 10.3. The van der Waals surface area contributed by atoms with Gasteiger partial charge in [0.15, 0.2) is 11.4 Å². The molecule has 0 aliphatic carbocycles. The molecule has 2 aromatic rings. The van der Waals surface area contributed by atoms with Gasteiger partial charge in [-0.1, -0.05) is 0 Å². The maximum Gasteiger partial charge on any atom is 0.336 e. The molecule has 8 heteroatoms. The van der Waals surface area contributed by atoms with E-state index in [1.807, 2.05) is 12.1 Å². The van der Waals surface area contributed by atoms with Gasteiger partial charge in [-0.15, -0.1) is 0 Å². The lowest BCUT2D eigenvalue weighted by molar-refractivity contribution is -0.139. The smallest absolute Gasteiger partial charge is 0.336 e. The molecule has 1 atom stereocenters. The van der Waals surface area contributed by atoms with Gasteiger partial charge >= 0.3 is 5.63 Å². The topological polar surface area (TPSA) is 78.6 Å². The van der Waals surface area contributed by atoms with Gasteiger partial charge < -0.3 is 9.15 Å². The number of rotatable bonds is 2. The Hall–Kier alpha value is -2.55. The molecule has 0 saturated carbocycles. The summed E-state index contributed by atoms with van der Waals surface area (Å²) in [6.45, 7) is 9.19. The standard InChI is InChI=1S/C22H24N4O4/c1-21(2)20(28)15(7-23-22-8-24-11-25(9-22)13-26(10-22)12-24)18-16(30-21)5-3-14-4-6-17(27)29-19(14)18/h3-7,15H,8-13H2,1-2H3/t15-/m0/s1. The van der Waals surface area contributed by atoms with Crippen LogP contribution in [0.15, 0.2) is 38.5 Å². The van der Waals surface area contributed by atoms with Gasteiger partial charge in [-0.3, -0.25) is 24.5 Å². The Balaban J connectivity index is 1.47. The number of hydrogen-bond acceptors (Lipinski definition) is 8. The van der Waals surface area contributed by atoms with Gasteiger partial charge in [0, 0.05) is 37.3 Å². The van der Waals surface area contributed by atoms with Gasteiger partial charge in [0.25, 0.3) is 0 Å². The molecule has 0 unspecified atom stereocenters. The first-order valence-corrected chi connectivity index (χ1v) is 10.3. The van der Waals surface area contributed by atoms with Crippen LogP contribution in [0.2, 0.25) is 0 Å². The van der Waals surface area contributed by atoms with Crippen molar-refractivity contribution in [1.82, 2.24) is 14.7 Å². The summed E-state index contributed by atoms with van der Waals surface area (Å²) in [5, 5.41) is 0.765. The van der Waals surface area contributed by atoms with E-state index in [9.17, 15) is 9.59 Å². The number of ether oxygens (including phenoxy) is 1. The van der Waals surface area contributed by atoms with Crippen molar-refractivity contribution in [2.75, 3.05) is 39.6 Å². The van der Waals surface area contributed by atoms with Crippen LogP contribution in [0.1, 0.15) is 25.3 Å². The summed E-state index contributed by atoms with van der Waals surface area (Å²) in [5.41, 5.74) is -0.655. The molecule has 4 saturated heterocycles. The van der Waals surface area contributed by atoms with E-state index in [0.29, 0.717) is 16.9 Å².